The second-order valence-electron chi connectivity index (χ2n) is 3.39. The molecule has 0 spiro atoms. The van der Waals surface area contributed by atoms with E-state index < -0.39 is 17.5 Å². The molecule has 13 heavy (non-hydrogen) atoms. The van der Waals surface area contributed by atoms with Crippen molar-refractivity contribution in [3.8, 4) is 0 Å². The zero-order valence-electron chi connectivity index (χ0n) is 7.79. The predicted octanol–water partition coefficient (Wildman–Crippen LogP) is -1.06. The average Bonchev–Trinajstić information content (AvgIpc) is 1.81. The number of nitrogens with one attached hydrogen (secondary N) is 1. The van der Waals surface area contributed by atoms with Crippen LogP contribution in [0, 0.1) is 0 Å². The molecule has 0 saturated carbocycles. The van der Waals surface area contributed by atoms with Gasteiger partial charge in [-0.3, -0.25) is 10.1 Å². The molecule has 0 saturated heterocycles. The Morgan fingerprint density at radius 2 is 2.00 bits per heavy atom. The van der Waals surface area contributed by atoms with E-state index in [-0.39, 0.29) is 13.2 Å². The van der Waals surface area contributed by atoms with Gasteiger partial charge < -0.3 is 16.2 Å². The summed E-state index contributed by atoms with van der Waals surface area (Å²) in [5.41, 5.74) is 9.78. The monoisotopic (exact) mass is 189 g/mol. The van der Waals surface area contributed by atoms with Crippen molar-refractivity contribution in [1.82, 2.24) is 5.32 Å². The summed E-state index contributed by atoms with van der Waals surface area (Å²) in [5, 5.41) is 1.86. The summed E-state index contributed by atoms with van der Waals surface area (Å²) in [6.07, 6.45) is 0. The van der Waals surface area contributed by atoms with Gasteiger partial charge in [-0.1, -0.05) is 0 Å². The molecule has 0 atom stereocenters. The molecule has 6 nitrogen and oxygen atoms in total. The molecule has 0 rings (SSSR count). The Balaban J connectivity index is 3.54. The summed E-state index contributed by atoms with van der Waals surface area (Å²) >= 11 is 0. The molecule has 0 unspecified atom stereocenters. The molecule has 0 aromatic rings. The van der Waals surface area contributed by atoms with Gasteiger partial charge in [0.2, 0.25) is 0 Å². The highest BCUT2D eigenvalue weighted by Gasteiger charge is 2.12. The Bertz CT molecular complexity index is 198. The fraction of sp³-hybridized carbons (Fsp3) is 0.714. The Morgan fingerprint density at radius 1 is 1.46 bits per heavy atom. The predicted molar refractivity (Wildman–Crippen MR) is 46.8 cm³/mol. The summed E-state index contributed by atoms with van der Waals surface area (Å²) in [4.78, 5) is 20.9. The number of carbonyl (C=O) groups is 2. The van der Waals surface area contributed by atoms with Crippen molar-refractivity contribution in [3.63, 3.8) is 0 Å². The van der Waals surface area contributed by atoms with Crippen LogP contribution in [0.1, 0.15) is 13.8 Å². The van der Waals surface area contributed by atoms with Crippen molar-refractivity contribution in [1.29, 1.82) is 0 Å². The molecule has 0 aromatic carbocycles. The van der Waals surface area contributed by atoms with Gasteiger partial charge in [0.05, 0.1) is 6.61 Å². The van der Waals surface area contributed by atoms with E-state index in [1.807, 2.05) is 5.32 Å². The smallest absolute Gasteiger partial charge is 0.318 e. The number of carbonyl (C=O) groups excluding carboxylic acids is 2. The van der Waals surface area contributed by atoms with Crippen LogP contribution in [0.25, 0.3) is 0 Å². The minimum Gasteiger partial charge on any atom is -0.370 e. The minimum absolute atomic E-state index is 0.219. The Morgan fingerprint density at radius 3 is 2.38 bits per heavy atom. The molecule has 0 aromatic heterocycles. The molecule has 0 radical (unpaired) electrons. The first-order valence-corrected chi connectivity index (χ1v) is 3.77. The van der Waals surface area contributed by atoms with E-state index in [1.165, 1.54) is 0 Å². The van der Waals surface area contributed by atoms with E-state index >= 15 is 0 Å². The van der Waals surface area contributed by atoms with Crippen LogP contribution in [0.5, 0.6) is 0 Å². The van der Waals surface area contributed by atoms with E-state index in [2.05, 4.69) is 0 Å². The van der Waals surface area contributed by atoms with Crippen molar-refractivity contribution < 1.29 is 14.3 Å². The van der Waals surface area contributed by atoms with Crippen LogP contribution in [0.2, 0.25) is 0 Å². The second-order valence-corrected chi connectivity index (χ2v) is 3.39. The standard InChI is InChI=1S/C7H15N3O3/c1-7(2,9)4-13-3-5(11)10-6(8)12/h3-4,9H2,1-2H3,(H3,8,10,11,12). The summed E-state index contributed by atoms with van der Waals surface area (Å²) in [5.74, 6) is -0.572. The van der Waals surface area contributed by atoms with E-state index in [4.69, 9.17) is 16.2 Å². The Hall–Kier alpha value is -1.14. The highest BCUT2D eigenvalue weighted by Crippen LogP contribution is 1.95. The topological polar surface area (TPSA) is 107 Å². The summed E-state index contributed by atoms with van der Waals surface area (Å²) in [6.45, 7) is 3.54. The molecule has 0 aliphatic rings. The molecule has 5 N–H and O–H groups in total. The van der Waals surface area contributed by atoms with Gasteiger partial charge in [0.1, 0.15) is 6.61 Å². The van der Waals surface area contributed by atoms with Gasteiger partial charge in [0.15, 0.2) is 0 Å². The van der Waals surface area contributed by atoms with Crippen LogP contribution in [-0.2, 0) is 9.53 Å². The Labute approximate surface area is 76.6 Å². The lowest BCUT2D eigenvalue weighted by Crippen LogP contribution is -2.41. The van der Waals surface area contributed by atoms with Crippen molar-refractivity contribution in [2.45, 2.75) is 19.4 Å². The fourth-order valence-electron chi connectivity index (χ4n) is 0.580. The highest BCUT2D eigenvalue weighted by atomic mass is 16.5. The van der Waals surface area contributed by atoms with Gasteiger partial charge in [-0.15, -0.1) is 0 Å². The third-order valence-corrected chi connectivity index (χ3v) is 0.970. The molecule has 6 heteroatoms. The molecular formula is C7H15N3O3. The number of primary amides is 1. The van der Waals surface area contributed by atoms with Gasteiger partial charge in [0, 0.05) is 5.54 Å². The lowest BCUT2D eigenvalue weighted by molar-refractivity contribution is -0.124. The lowest BCUT2D eigenvalue weighted by atomic mass is 10.1. The summed E-state index contributed by atoms with van der Waals surface area (Å²) in [6, 6.07) is -0.888. The van der Waals surface area contributed by atoms with Crippen LogP contribution >= 0.6 is 0 Å². The van der Waals surface area contributed by atoms with Gasteiger partial charge in [-0.05, 0) is 13.8 Å². The summed E-state index contributed by atoms with van der Waals surface area (Å²) < 4.78 is 4.92. The number of imide groups is 1. The van der Waals surface area contributed by atoms with E-state index in [0.29, 0.717) is 0 Å². The SMILES string of the molecule is CC(C)(N)COCC(=O)NC(N)=O. The van der Waals surface area contributed by atoms with Crippen molar-refractivity contribution in [2.75, 3.05) is 13.2 Å². The van der Waals surface area contributed by atoms with E-state index in [1.54, 1.807) is 13.8 Å². The van der Waals surface area contributed by atoms with Crippen LogP contribution in [0.4, 0.5) is 4.79 Å². The minimum atomic E-state index is -0.888. The number of hydrogen-bond donors (Lipinski definition) is 3. The van der Waals surface area contributed by atoms with Gasteiger partial charge in [-0.25, -0.2) is 4.79 Å². The number of rotatable bonds is 4. The zero-order valence-corrected chi connectivity index (χ0v) is 7.79. The molecule has 0 aliphatic carbocycles. The zero-order chi connectivity index (χ0) is 10.5. The van der Waals surface area contributed by atoms with Gasteiger partial charge in [0.25, 0.3) is 5.91 Å². The molecule has 0 heterocycles. The molecular weight excluding hydrogens is 174 g/mol. The van der Waals surface area contributed by atoms with E-state index in [9.17, 15) is 9.59 Å². The number of amides is 3. The quantitative estimate of drug-likeness (QED) is 0.523. The number of ether oxygens (including phenoxy) is 1. The second kappa shape index (κ2) is 4.78. The maximum absolute atomic E-state index is 10.8. The molecule has 3 amide bonds. The summed E-state index contributed by atoms with van der Waals surface area (Å²) in [7, 11) is 0. The van der Waals surface area contributed by atoms with Crippen molar-refractivity contribution >= 4 is 11.9 Å². The number of hydrogen-bond acceptors (Lipinski definition) is 4. The number of nitrogens with two attached hydrogens (primary N) is 2. The van der Waals surface area contributed by atoms with Crippen molar-refractivity contribution in [2.24, 2.45) is 11.5 Å². The van der Waals surface area contributed by atoms with Crippen LogP contribution < -0.4 is 16.8 Å². The molecule has 0 bridgehead atoms. The first kappa shape index (κ1) is 11.9. The molecule has 76 valence electrons. The largest absolute Gasteiger partial charge is 0.370 e. The van der Waals surface area contributed by atoms with Gasteiger partial charge >= 0.3 is 6.03 Å². The fourth-order valence-corrected chi connectivity index (χ4v) is 0.580. The van der Waals surface area contributed by atoms with Crippen molar-refractivity contribution in [3.05, 3.63) is 0 Å². The van der Waals surface area contributed by atoms with Crippen LogP contribution in [0.15, 0.2) is 0 Å². The molecule has 0 aliphatic heterocycles. The van der Waals surface area contributed by atoms with Gasteiger partial charge in [-0.2, -0.15) is 0 Å². The van der Waals surface area contributed by atoms with Crippen LogP contribution in [0.3, 0.4) is 0 Å². The first-order valence-electron chi connectivity index (χ1n) is 3.77. The third kappa shape index (κ3) is 8.77. The highest BCUT2D eigenvalue weighted by molar-refractivity contribution is 5.94. The van der Waals surface area contributed by atoms with Crippen LogP contribution in [-0.4, -0.2) is 30.7 Å². The Kier molecular flexibility index (Phi) is 4.36. The maximum Gasteiger partial charge on any atom is 0.318 e. The third-order valence-electron chi connectivity index (χ3n) is 0.970. The first-order chi connectivity index (χ1) is 5.81. The van der Waals surface area contributed by atoms with E-state index in [0.717, 1.165) is 0 Å². The normalized spacial score (nSPS) is 11.0. The lowest BCUT2D eigenvalue weighted by Gasteiger charge is -2.17. The number of urea groups is 1. The maximum atomic E-state index is 10.8. The molecule has 0 fully saturated rings. The average molecular weight is 189 g/mol.